The van der Waals surface area contributed by atoms with Crippen molar-refractivity contribution in [2.45, 2.75) is 26.3 Å². The van der Waals surface area contributed by atoms with Crippen LogP contribution in [0.15, 0.2) is 54.3 Å². The molecule has 25 heavy (non-hydrogen) atoms. The quantitative estimate of drug-likeness (QED) is 0.839. The normalized spacial score (nSPS) is 15.8. The number of amides is 2. The molecular formula is C20H20N2O3. The maximum absolute atomic E-state index is 12.1. The van der Waals surface area contributed by atoms with Crippen LogP contribution in [-0.2, 0) is 4.79 Å². The summed E-state index contributed by atoms with van der Waals surface area (Å²) in [4.78, 5) is 24.2. The van der Waals surface area contributed by atoms with Crippen molar-refractivity contribution in [3.05, 3.63) is 65.4 Å². The Morgan fingerprint density at radius 1 is 1.20 bits per heavy atom. The lowest BCUT2D eigenvalue weighted by Crippen LogP contribution is -2.31. The summed E-state index contributed by atoms with van der Waals surface area (Å²) in [5.74, 6) is 0.430. The molecule has 1 unspecified atom stereocenters. The number of para-hydroxylation sites is 2. The van der Waals surface area contributed by atoms with Crippen molar-refractivity contribution in [3.8, 4) is 5.75 Å². The zero-order valence-corrected chi connectivity index (χ0v) is 14.2. The number of benzene rings is 2. The summed E-state index contributed by atoms with van der Waals surface area (Å²) in [6, 6.07) is 14.4. The molecule has 1 heterocycles. The minimum Gasteiger partial charge on any atom is -0.449 e. The van der Waals surface area contributed by atoms with Gasteiger partial charge in [-0.05, 0) is 49.2 Å². The minimum absolute atomic E-state index is 0.103. The van der Waals surface area contributed by atoms with Gasteiger partial charge in [-0.1, -0.05) is 31.2 Å². The Morgan fingerprint density at radius 2 is 1.92 bits per heavy atom. The van der Waals surface area contributed by atoms with E-state index in [0.29, 0.717) is 17.0 Å². The topological polar surface area (TPSA) is 67.4 Å². The highest BCUT2D eigenvalue weighted by atomic mass is 16.5. The molecule has 2 N–H and O–H groups in total. The van der Waals surface area contributed by atoms with Crippen molar-refractivity contribution in [2.24, 2.45) is 0 Å². The second-order valence-electron chi connectivity index (χ2n) is 5.97. The zero-order chi connectivity index (χ0) is 17.8. The van der Waals surface area contributed by atoms with Gasteiger partial charge in [-0.15, -0.1) is 0 Å². The molecule has 2 aromatic carbocycles. The van der Waals surface area contributed by atoms with Gasteiger partial charge in [0.25, 0.3) is 11.8 Å². The van der Waals surface area contributed by atoms with Crippen LogP contribution in [0.25, 0.3) is 6.08 Å². The Hall–Kier alpha value is -3.08. The highest BCUT2D eigenvalue weighted by Gasteiger charge is 2.21. The molecule has 0 aromatic heterocycles. The van der Waals surface area contributed by atoms with Crippen molar-refractivity contribution in [1.82, 2.24) is 5.32 Å². The van der Waals surface area contributed by atoms with Gasteiger partial charge in [-0.3, -0.25) is 9.59 Å². The number of anilines is 1. The first kappa shape index (κ1) is 16.8. The largest absolute Gasteiger partial charge is 0.449 e. The minimum atomic E-state index is -0.294. The number of fused-ring (bicyclic) bond motifs is 1. The summed E-state index contributed by atoms with van der Waals surface area (Å²) in [5.41, 5.74) is 2.02. The monoisotopic (exact) mass is 336 g/mol. The Kier molecular flexibility index (Phi) is 4.84. The van der Waals surface area contributed by atoms with E-state index in [1.54, 1.807) is 42.5 Å². The van der Waals surface area contributed by atoms with Gasteiger partial charge in [-0.25, -0.2) is 0 Å². The Labute approximate surface area is 146 Å². The third-order valence-corrected chi connectivity index (χ3v) is 4.04. The number of rotatable bonds is 4. The molecule has 3 rings (SSSR count). The molecule has 1 atom stereocenters. The van der Waals surface area contributed by atoms with E-state index >= 15 is 0 Å². The smallest absolute Gasteiger partial charge is 0.291 e. The number of nitrogens with one attached hydrogen (secondary N) is 2. The maximum Gasteiger partial charge on any atom is 0.291 e. The van der Waals surface area contributed by atoms with E-state index in [9.17, 15) is 9.59 Å². The van der Waals surface area contributed by atoms with Gasteiger partial charge in [0.15, 0.2) is 11.5 Å². The SMILES string of the molecule is CCC(C)NC(=O)c1ccc(C=C2Oc3ccccc3NC2=O)cc1. The molecule has 0 fully saturated rings. The van der Waals surface area contributed by atoms with Crippen LogP contribution >= 0.6 is 0 Å². The first-order valence-corrected chi connectivity index (χ1v) is 8.27. The highest BCUT2D eigenvalue weighted by molar-refractivity contribution is 6.08. The van der Waals surface area contributed by atoms with Gasteiger partial charge in [0, 0.05) is 11.6 Å². The Morgan fingerprint density at radius 3 is 2.64 bits per heavy atom. The number of carbonyl (C=O) groups is 2. The van der Waals surface area contributed by atoms with Crippen molar-refractivity contribution in [2.75, 3.05) is 5.32 Å². The van der Waals surface area contributed by atoms with Crippen LogP contribution in [-0.4, -0.2) is 17.9 Å². The van der Waals surface area contributed by atoms with E-state index in [2.05, 4.69) is 10.6 Å². The Balaban J connectivity index is 1.76. The molecular weight excluding hydrogens is 316 g/mol. The van der Waals surface area contributed by atoms with Gasteiger partial charge in [-0.2, -0.15) is 0 Å². The molecule has 0 saturated carbocycles. The van der Waals surface area contributed by atoms with Gasteiger partial charge in [0.05, 0.1) is 5.69 Å². The number of ether oxygens (including phenoxy) is 1. The predicted molar refractivity (Wildman–Crippen MR) is 97.3 cm³/mol. The van der Waals surface area contributed by atoms with Crippen molar-refractivity contribution < 1.29 is 14.3 Å². The van der Waals surface area contributed by atoms with Gasteiger partial charge < -0.3 is 15.4 Å². The molecule has 5 nitrogen and oxygen atoms in total. The van der Waals surface area contributed by atoms with E-state index < -0.39 is 0 Å². The van der Waals surface area contributed by atoms with Crippen LogP contribution in [0.3, 0.4) is 0 Å². The summed E-state index contributed by atoms with van der Waals surface area (Å²) >= 11 is 0. The van der Waals surface area contributed by atoms with Gasteiger partial charge >= 0.3 is 0 Å². The molecule has 1 aliphatic rings. The molecule has 0 radical (unpaired) electrons. The number of hydrogen-bond donors (Lipinski definition) is 2. The molecule has 1 aliphatic heterocycles. The van der Waals surface area contributed by atoms with Crippen LogP contribution in [0, 0.1) is 0 Å². The molecule has 128 valence electrons. The summed E-state index contributed by atoms with van der Waals surface area (Å²) in [5, 5.41) is 5.71. The van der Waals surface area contributed by atoms with Crippen LogP contribution in [0.2, 0.25) is 0 Å². The molecule has 0 bridgehead atoms. The van der Waals surface area contributed by atoms with E-state index in [4.69, 9.17) is 4.74 Å². The van der Waals surface area contributed by atoms with Gasteiger partial charge in [0.1, 0.15) is 0 Å². The number of carbonyl (C=O) groups excluding carboxylic acids is 2. The van der Waals surface area contributed by atoms with E-state index in [1.807, 2.05) is 26.0 Å². The maximum atomic E-state index is 12.1. The van der Waals surface area contributed by atoms with Crippen LogP contribution < -0.4 is 15.4 Å². The molecule has 0 spiro atoms. The third kappa shape index (κ3) is 3.88. The summed E-state index contributed by atoms with van der Waals surface area (Å²) in [6.45, 7) is 3.99. The molecule has 0 saturated heterocycles. The second kappa shape index (κ2) is 7.21. The lowest BCUT2D eigenvalue weighted by Gasteiger charge is -2.19. The standard InChI is InChI=1S/C20H20N2O3/c1-3-13(2)21-19(23)15-10-8-14(9-11-15)12-18-20(24)22-16-6-4-5-7-17(16)25-18/h4-13H,3H2,1-2H3,(H,21,23)(H,22,24). The van der Waals surface area contributed by atoms with E-state index in [0.717, 1.165) is 12.0 Å². The summed E-state index contributed by atoms with van der Waals surface area (Å²) in [7, 11) is 0. The third-order valence-electron chi connectivity index (χ3n) is 4.04. The molecule has 5 heteroatoms. The fraction of sp³-hybridized carbons (Fsp3) is 0.200. The lowest BCUT2D eigenvalue weighted by molar-refractivity contribution is -0.115. The van der Waals surface area contributed by atoms with Gasteiger partial charge in [0.2, 0.25) is 0 Å². The Bertz CT molecular complexity index is 825. The average Bonchev–Trinajstić information content (AvgIpc) is 2.62. The zero-order valence-electron chi connectivity index (χ0n) is 14.2. The summed E-state index contributed by atoms with van der Waals surface area (Å²) in [6.07, 6.45) is 2.53. The van der Waals surface area contributed by atoms with E-state index in [1.165, 1.54) is 0 Å². The fourth-order valence-electron chi connectivity index (χ4n) is 2.39. The van der Waals surface area contributed by atoms with Crippen LogP contribution in [0.1, 0.15) is 36.2 Å². The van der Waals surface area contributed by atoms with Crippen molar-refractivity contribution >= 4 is 23.6 Å². The first-order chi connectivity index (χ1) is 12.1. The van der Waals surface area contributed by atoms with Crippen LogP contribution in [0.5, 0.6) is 5.75 Å². The predicted octanol–water partition coefficient (Wildman–Crippen LogP) is 3.59. The number of hydrogen-bond acceptors (Lipinski definition) is 3. The lowest BCUT2D eigenvalue weighted by atomic mass is 10.1. The van der Waals surface area contributed by atoms with Crippen molar-refractivity contribution in [1.29, 1.82) is 0 Å². The summed E-state index contributed by atoms with van der Waals surface area (Å²) < 4.78 is 5.66. The highest BCUT2D eigenvalue weighted by Crippen LogP contribution is 2.30. The average molecular weight is 336 g/mol. The molecule has 2 amide bonds. The molecule has 0 aliphatic carbocycles. The second-order valence-corrected chi connectivity index (χ2v) is 5.97. The molecule has 2 aromatic rings. The van der Waals surface area contributed by atoms with Crippen LogP contribution in [0.4, 0.5) is 5.69 Å². The van der Waals surface area contributed by atoms with E-state index in [-0.39, 0.29) is 23.6 Å². The van der Waals surface area contributed by atoms with Crippen molar-refractivity contribution in [3.63, 3.8) is 0 Å². The fourth-order valence-corrected chi connectivity index (χ4v) is 2.39. The first-order valence-electron chi connectivity index (χ1n) is 8.27.